The summed E-state index contributed by atoms with van der Waals surface area (Å²) in [6.07, 6.45) is 3.10. The van der Waals surface area contributed by atoms with Crippen molar-refractivity contribution in [3.05, 3.63) is 72.3 Å². The Hall–Kier alpha value is -2.69. The smallest absolute Gasteiger partial charge is 0.339 e. The molecule has 0 N–H and O–H groups in total. The van der Waals surface area contributed by atoms with Crippen molar-refractivity contribution in [1.29, 1.82) is 0 Å². The largest absolute Gasteiger partial charge is 0.491 e. The molecule has 0 spiro atoms. The lowest BCUT2D eigenvalue weighted by Crippen LogP contribution is -2.64. The highest BCUT2D eigenvalue weighted by Gasteiger charge is 2.42. The Morgan fingerprint density at radius 2 is 1.60 bits per heavy atom. The molecule has 3 aromatic rings. The minimum atomic E-state index is -4.04. The molecule has 8 nitrogen and oxygen atoms in total. The molecule has 0 aromatic heterocycles. The van der Waals surface area contributed by atoms with E-state index in [4.69, 9.17) is 18.4 Å². The average Bonchev–Trinajstić information content (AvgIpc) is 2.93. The van der Waals surface area contributed by atoms with Crippen LogP contribution in [0.3, 0.4) is 0 Å². The van der Waals surface area contributed by atoms with Gasteiger partial charge in [0.2, 0.25) is 5.75 Å². The summed E-state index contributed by atoms with van der Waals surface area (Å²) in [7, 11) is -0.231. The zero-order valence-electron chi connectivity index (χ0n) is 22.9. The Balaban J connectivity index is 0.00000220. The van der Waals surface area contributed by atoms with E-state index in [9.17, 15) is 8.42 Å². The Morgan fingerprint density at radius 1 is 0.925 bits per heavy atom. The van der Waals surface area contributed by atoms with Gasteiger partial charge in [-0.3, -0.25) is 0 Å². The fraction of sp³-hybridized carbons (Fsp3) is 0.379. The molecule has 2 heterocycles. The summed E-state index contributed by atoms with van der Waals surface area (Å²) < 4.78 is 50.3. The molecule has 1 fully saturated rings. The zero-order valence-corrected chi connectivity index (χ0v) is 25.4. The molecular weight excluding hydrogens is 575 g/mol. The second-order valence-electron chi connectivity index (χ2n) is 9.93. The van der Waals surface area contributed by atoms with Crippen molar-refractivity contribution >= 4 is 40.6 Å². The summed E-state index contributed by atoms with van der Waals surface area (Å²) in [5.74, 6) is 1.74. The first kappa shape index (κ1) is 31.8. The summed E-state index contributed by atoms with van der Waals surface area (Å²) in [6, 6.07) is 19.8. The monoisotopic (exact) mass is 611 g/mol. The van der Waals surface area contributed by atoms with Gasteiger partial charge in [-0.25, -0.2) is 4.59 Å². The van der Waals surface area contributed by atoms with Crippen LogP contribution in [0.5, 0.6) is 23.0 Å². The molecule has 0 aliphatic carbocycles. The van der Waals surface area contributed by atoms with Crippen molar-refractivity contribution in [2.75, 3.05) is 40.4 Å². The summed E-state index contributed by atoms with van der Waals surface area (Å²) in [5, 5.41) is 2.29. The molecule has 40 heavy (non-hydrogen) atoms. The minimum Gasteiger partial charge on any atom is -0.491 e. The number of piperidine rings is 1. The lowest BCUT2D eigenvalue weighted by Gasteiger charge is -2.47. The van der Waals surface area contributed by atoms with Gasteiger partial charge in [0, 0.05) is 13.1 Å². The molecule has 218 valence electrons. The molecular formula is C29H37Cl2N2O6S+. The third kappa shape index (κ3) is 6.44. The fourth-order valence-electron chi connectivity index (χ4n) is 5.36. The second kappa shape index (κ2) is 13.3. The van der Waals surface area contributed by atoms with Gasteiger partial charge in [0.05, 0.1) is 13.7 Å². The Kier molecular flexibility index (Phi) is 10.6. The molecule has 3 aromatic carbocycles. The third-order valence-electron chi connectivity index (χ3n) is 7.37. The van der Waals surface area contributed by atoms with Gasteiger partial charge < -0.3 is 18.4 Å². The molecule has 0 saturated carbocycles. The first-order valence-electron chi connectivity index (χ1n) is 13.0. The van der Waals surface area contributed by atoms with Crippen molar-refractivity contribution in [2.45, 2.75) is 37.2 Å². The lowest BCUT2D eigenvalue weighted by atomic mass is 10.1. The number of rotatable bonds is 8. The number of hydrogen-bond acceptors (Lipinski definition) is 7. The van der Waals surface area contributed by atoms with Crippen LogP contribution in [0.15, 0.2) is 71.6 Å². The van der Waals surface area contributed by atoms with Crippen LogP contribution in [-0.2, 0) is 10.1 Å². The number of halogens is 2. The molecule has 1 saturated heterocycles. The van der Waals surface area contributed by atoms with E-state index in [0.717, 1.165) is 42.9 Å². The van der Waals surface area contributed by atoms with Gasteiger partial charge >= 0.3 is 10.1 Å². The van der Waals surface area contributed by atoms with Crippen LogP contribution in [0, 0.1) is 6.92 Å². The summed E-state index contributed by atoms with van der Waals surface area (Å²) in [4.78, 5) is 0.0852. The third-order valence-corrected chi connectivity index (χ3v) is 8.62. The van der Waals surface area contributed by atoms with Crippen molar-refractivity contribution in [3.63, 3.8) is 0 Å². The van der Waals surface area contributed by atoms with Gasteiger partial charge in [-0.1, -0.05) is 35.9 Å². The highest BCUT2D eigenvalue weighted by molar-refractivity contribution is 7.87. The van der Waals surface area contributed by atoms with Crippen LogP contribution >= 0.6 is 24.8 Å². The van der Waals surface area contributed by atoms with Crippen molar-refractivity contribution < 1.29 is 26.8 Å². The Labute approximate surface area is 249 Å². The lowest BCUT2D eigenvalue weighted by molar-refractivity contribution is -0.0463. The highest BCUT2D eigenvalue weighted by atomic mass is 35.5. The van der Waals surface area contributed by atoms with Crippen LogP contribution in [0.25, 0.3) is 0 Å². The Bertz CT molecular complexity index is 1380. The molecule has 1 unspecified atom stereocenters. The molecule has 2 aliphatic rings. The van der Waals surface area contributed by atoms with Crippen LogP contribution in [0.1, 0.15) is 24.8 Å². The van der Waals surface area contributed by atoms with Crippen LogP contribution in [0.4, 0.5) is 5.69 Å². The number of ether oxygens (including phenoxy) is 3. The first-order chi connectivity index (χ1) is 18.3. The number of benzene rings is 3. The molecule has 1 atom stereocenters. The van der Waals surface area contributed by atoms with Crippen LogP contribution in [0.2, 0.25) is 0 Å². The first-order valence-corrected chi connectivity index (χ1v) is 14.4. The molecule has 0 amide bonds. The van der Waals surface area contributed by atoms with E-state index in [1.807, 2.05) is 19.1 Å². The summed E-state index contributed by atoms with van der Waals surface area (Å²) in [6.45, 7) is 4.74. The van der Waals surface area contributed by atoms with Gasteiger partial charge in [0.25, 0.3) is 0 Å². The van der Waals surface area contributed by atoms with Gasteiger partial charge in [-0.15, -0.1) is 29.8 Å². The van der Waals surface area contributed by atoms with Crippen molar-refractivity contribution in [2.24, 2.45) is 0 Å². The normalized spacial score (nSPS) is 17.8. The highest BCUT2D eigenvalue weighted by Crippen LogP contribution is 2.42. The zero-order chi connectivity index (χ0) is 26.8. The van der Waals surface area contributed by atoms with Gasteiger partial charge in [0.15, 0.2) is 29.0 Å². The number of nitrogens with zero attached hydrogens (tertiary/aromatic N) is 2. The predicted octanol–water partition coefficient (Wildman–Crippen LogP) is 5.79. The number of aryl methyl sites for hydroxylation is 1. The molecule has 0 radical (unpaired) electrons. The topological polar surface area (TPSA) is 74.3 Å². The number of hydrogen-bond donors (Lipinski definition) is 0. The maximum atomic E-state index is 13.0. The van der Waals surface area contributed by atoms with Gasteiger partial charge in [0.1, 0.15) is 24.6 Å². The van der Waals surface area contributed by atoms with E-state index in [2.05, 4.69) is 24.2 Å². The molecule has 2 aliphatic heterocycles. The van der Waals surface area contributed by atoms with Crippen molar-refractivity contribution in [3.8, 4) is 23.0 Å². The fourth-order valence-corrected chi connectivity index (χ4v) is 6.30. The molecule has 5 rings (SSSR count). The second-order valence-corrected chi connectivity index (χ2v) is 11.5. The average molecular weight is 613 g/mol. The maximum absolute atomic E-state index is 13.0. The predicted molar refractivity (Wildman–Crippen MR) is 161 cm³/mol. The van der Waals surface area contributed by atoms with Gasteiger partial charge in [-0.2, -0.15) is 8.42 Å². The van der Waals surface area contributed by atoms with Crippen LogP contribution in [-0.4, -0.2) is 59.9 Å². The van der Waals surface area contributed by atoms with Crippen molar-refractivity contribution in [1.82, 2.24) is 9.60 Å². The Morgan fingerprint density at radius 3 is 2.30 bits per heavy atom. The summed E-state index contributed by atoms with van der Waals surface area (Å²) >= 11 is 0. The van der Waals surface area contributed by atoms with E-state index in [0.29, 0.717) is 29.2 Å². The summed E-state index contributed by atoms with van der Waals surface area (Å²) in [5.41, 5.74) is 2.09. The van der Waals surface area contributed by atoms with E-state index in [-0.39, 0.29) is 41.6 Å². The molecule has 0 bridgehead atoms. The van der Waals surface area contributed by atoms with E-state index >= 15 is 0 Å². The standard InChI is InChI=1S/C29H35N2O6S.2ClH/c1-22-14-16-24(17-15-22)38(32,33)37-28-13-9-12-27-29(28)36-23(21-35-27)20-30(2)31(18-7-4-8-19-31)25-10-5-6-11-26(25)34-3;;/h5-6,9-17,23H,4,7-8,18-21H2,1-3H3;2*1H/q+1;;. The number of methoxy groups -OCH3 is 1. The number of likely N-dealkylation sites (N-methyl/N-ethyl adjacent to an activating group) is 1. The number of quaternary nitrogens is 1. The number of para-hydroxylation sites is 3. The van der Waals surface area contributed by atoms with E-state index in [1.165, 1.54) is 18.6 Å². The maximum Gasteiger partial charge on any atom is 0.339 e. The van der Waals surface area contributed by atoms with Crippen LogP contribution < -0.4 is 23.0 Å². The van der Waals surface area contributed by atoms with Gasteiger partial charge in [-0.05, 0) is 56.5 Å². The minimum absolute atomic E-state index is 0. The quantitative estimate of drug-likeness (QED) is 0.236. The number of fused-ring (bicyclic) bond motifs is 1. The molecule has 11 heteroatoms. The SMILES string of the molecule is COc1ccccc1[N+]1(N(C)CC2COc3cccc(OS(=O)(=O)c4ccc(C)cc4)c3O2)CCCCC1.Cl.Cl. The van der Waals surface area contributed by atoms with E-state index < -0.39 is 10.1 Å². The van der Waals surface area contributed by atoms with E-state index in [1.54, 1.807) is 37.4 Å².